The Morgan fingerprint density at radius 3 is 2.55 bits per heavy atom. The zero-order chi connectivity index (χ0) is 14.9. The fraction of sp³-hybridized carbons (Fsp3) is 0.533. The van der Waals surface area contributed by atoms with Gasteiger partial charge in [-0.15, -0.1) is 0 Å². The molecule has 0 aromatic carbocycles. The van der Waals surface area contributed by atoms with Crippen LogP contribution in [0.15, 0.2) is 17.7 Å². The lowest BCUT2D eigenvalue weighted by Gasteiger charge is -2.32. The van der Waals surface area contributed by atoms with Gasteiger partial charge in [-0.05, 0) is 24.8 Å². The Balaban J connectivity index is 2.23. The third-order valence-electron chi connectivity index (χ3n) is 3.52. The summed E-state index contributed by atoms with van der Waals surface area (Å²) in [7, 11) is 0. The summed E-state index contributed by atoms with van der Waals surface area (Å²) in [5.74, 6) is -0.508. The van der Waals surface area contributed by atoms with E-state index in [2.05, 4.69) is 36.8 Å². The maximum atomic E-state index is 11.1. The number of hydrogen-bond donors (Lipinski definition) is 1. The average Bonchev–Trinajstić information content (AvgIpc) is 2.37. The molecule has 0 saturated heterocycles. The van der Waals surface area contributed by atoms with Crippen LogP contribution in [0.3, 0.4) is 0 Å². The number of aromatic carboxylic acids is 1. The van der Waals surface area contributed by atoms with Crippen molar-refractivity contribution in [2.45, 2.75) is 34.1 Å². The summed E-state index contributed by atoms with van der Waals surface area (Å²) in [5, 5.41) is 9.06. The Labute approximate surface area is 119 Å². The zero-order valence-electron chi connectivity index (χ0n) is 12.5. The predicted molar refractivity (Wildman–Crippen MR) is 78.1 cm³/mol. The number of carboxylic acid groups (broad SMARTS) is 1. The molecule has 0 saturated carbocycles. The van der Waals surface area contributed by atoms with Gasteiger partial charge in [0.25, 0.3) is 0 Å². The summed E-state index contributed by atoms with van der Waals surface area (Å²) in [6, 6.07) is 1.49. The van der Waals surface area contributed by atoms with Crippen molar-refractivity contribution >= 4 is 11.9 Å². The van der Waals surface area contributed by atoms with Crippen molar-refractivity contribution < 1.29 is 9.90 Å². The standard InChI is InChI=1S/C15H21N3O2/c1-10-9-12(13(19)20)17-14(16-10)18-7-5-11(6-8-18)15(2,3)4/h5,9H,6-8H2,1-4H3,(H,19,20). The van der Waals surface area contributed by atoms with E-state index in [1.54, 1.807) is 6.92 Å². The van der Waals surface area contributed by atoms with Gasteiger partial charge in [-0.2, -0.15) is 0 Å². The Hall–Kier alpha value is -1.91. The van der Waals surface area contributed by atoms with Crippen molar-refractivity contribution in [2.24, 2.45) is 5.41 Å². The van der Waals surface area contributed by atoms with Crippen LogP contribution in [-0.2, 0) is 0 Å². The van der Waals surface area contributed by atoms with Crippen LogP contribution in [-0.4, -0.2) is 34.1 Å². The Bertz CT molecular complexity index is 559. The molecule has 0 bridgehead atoms. The minimum absolute atomic E-state index is 0.0538. The number of rotatable bonds is 2. The summed E-state index contributed by atoms with van der Waals surface area (Å²) in [4.78, 5) is 21.6. The smallest absolute Gasteiger partial charge is 0.354 e. The highest BCUT2D eigenvalue weighted by atomic mass is 16.4. The highest BCUT2D eigenvalue weighted by Crippen LogP contribution is 2.30. The molecule has 1 aliphatic rings. The van der Waals surface area contributed by atoms with E-state index < -0.39 is 5.97 Å². The van der Waals surface area contributed by atoms with E-state index in [1.165, 1.54) is 11.6 Å². The highest BCUT2D eigenvalue weighted by molar-refractivity contribution is 5.85. The monoisotopic (exact) mass is 275 g/mol. The van der Waals surface area contributed by atoms with E-state index in [4.69, 9.17) is 5.11 Å². The van der Waals surface area contributed by atoms with Crippen molar-refractivity contribution in [1.82, 2.24) is 9.97 Å². The lowest BCUT2D eigenvalue weighted by atomic mass is 9.83. The second-order valence-corrected chi connectivity index (χ2v) is 6.18. The number of carboxylic acids is 1. The maximum Gasteiger partial charge on any atom is 0.354 e. The third-order valence-corrected chi connectivity index (χ3v) is 3.52. The van der Waals surface area contributed by atoms with Gasteiger partial charge in [0.1, 0.15) is 0 Å². The summed E-state index contributed by atoms with van der Waals surface area (Å²) in [6.45, 7) is 9.97. The molecule has 5 nitrogen and oxygen atoms in total. The van der Waals surface area contributed by atoms with Crippen molar-refractivity contribution in [3.8, 4) is 0 Å². The molecule has 0 unspecified atom stereocenters. The molecule has 1 N–H and O–H groups in total. The van der Waals surface area contributed by atoms with Crippen molar-refractivity contribution in [2.75, 3.05) is 18.0 Å². The van der Waals surface area contributed by atoms with E-state index >= 15 is 0 Å². The average molecular weight is 275 g/mol. The van der Waals surface area contributed by atoms with Gasteiger partial charge in [-0.25, -0.2) is 14.8 Å². The first-order chi connectivity index (χ1) is 9.27. The van der Waals surface area contributed by atoms with Gasteiger partial charge in [0.2, 0.25) is 5.95 Å². The van der Waals surface area contributed by atoms with Crippen molar-refractivity contribution in [1.29, 1.82) is 0 Å². The fourth-order valence-electron chi connectivity index (χ4n) is 2.34. The van der Waals surface area contributed by atoms with Crippen LogP contribution < -0.4 is 4.90 Å². The SMILES string of the molecule is Cc1cc(C(=O)O)nc(N2CC=C(C(C)(C)C)CC2)n1. The number of anilines is 1. The lowest BCUT2D eigenvalue weighted by Crippen LogP contribution is -2.33. The number of aromatic nitrogens is 2. The van der Waals surface area contributed by atoms with Crippen LogP contribution in [0, 0.1) is 12.3 Å². The van der Waals surface area contributed by atoms with Gasteiger partial charge in [-0.3, -0.25) is 0 Å². The molecular weight excluding hydrogens is 254 g/mol. The van der Waals surface area contributed by atoms with Gasteiger partial charge in [0.05, 0.1) is 0 Å². The highest BCUT2D eigenvalue weighted by Gasteiger charge is 2.23. The van der Waals surface area contributed by atoms with Crippen molar-refractivity contribution in [3.05, 3.63) is 29.1 Å². The Morgan fingerprint density at radius 1 is 1.35 bits per heavy atom. The zero-order valence-corrected chi connectivity index (χ0v) is 12.5. The van der Waals surface area contributed by atoms with E-state index in [0.29, 0.717) is 11.6 Å². The summed E-state index contributed by atoms with van der Waals surface area (Å²) in [5.41, 5.74) is 2.35. The molecule has 0 atom stereocenters. The molecule has 0 amide bonds. The molecule has 0 fully saturated rings. The molecule has 0 radical (unpaired) electrons. The molecular formula is C15H21N3O2. The van der Waals surface area contributed by atoms with Gasteiger partial charge in [-0.1, -0.05) is 32.4 Å². The topological polar surface area (TPSA) is 66.3 Å². The Morgan fingerprint density at radius 2 is 2.05 bits per heavy atom. The van der Waals surface area contributed by atoms with E-state index in [1.807, 2.05) is 4.90 Å². The first kappa shape index (κ1) is 14.5. The number of nitrogens with zero attached hydrogens (tertiary/aromatic N) is 3. The second kappa shape index (κ2) is 5.23. The van der Waals surface area contributed by atoms with Gasteiger partial charge in [0, 0.05) is 18.8 Å². The minimum atomic E-state index is -1.01. The molecule has 1 aliphatic heterocycles. The number of hydrogen-bond acceptors (Lipinski definition) is 4. The minimum Gasteiger partial charge on any atom is -0.477 e. The van der Waals surface area contributed by atoms with E-state index in [9.17, 15) is 4.79 Å². The first-order valence-corrected chi connectivity index (χ1v) is 6.81. The Kier molecular flexibility index (Phi) is 3.79. The first-order valence-electron chi connectivity index (χ1n) is 6.81. The molecule has 108 valence electrons. The van der Waals surface area contributed by atoms with Crippen LogP contribution in [0.5, 0.6) is 0 Å². The molecule has 0 aliphatic carbocycles. The molecule has 5 heteroatoms. The van der Waals surface area contributed by atoms with Crippen molar-refractivity contribution in [3.63, 3.8) is 0 Å². The molecule has 2 heterocycles. The molecule has 20 heavy (non-hydrogen) atoms. The normalized spacial score (nSPS) is 16.0. The quantitative estimate of drug-likeness (QED) is 0.840. The lowest BCUT2D eigenvalue weighted by molar-refractivity contribution is 0.0690. The van der Waals surface area contributed by atoms with Crippen LogP contribution in [0.4, 0.5) is 5.95 Å². The summed E-state index contributed by atoms with van der Waals surface area (Å²) < 4.78 is 0. The molecule has 2 rings (SSSR count). The van der Waals surface area contributed by atoms with Gasteiger partial charge in [0.15, 0.2) is 5.69 Å². The second-order valence-electron chi connectivity index (χ2n) is 6.18. The third kappa shape index (κ3) is 3.15. The summed E-state index contributed by atoms with van der Waals surface area (Å²) >= 11 is 0. The fourth-order valence-corrected chi connectivity index (χ4v) is 2.34. The maximum absolute atomic E-state index is 11.1. The molecule has 0 spiro atoms. The number of carbonyl (C=O) groups is 1. The van der Waals surface area contributed by atoms with Gasteiger partial charge < -0.3 is 10.0 Å². The number of aryl methyl sites for hydroxylation is 1. The summed E-state index contributed by atoms with van der Waals surface area (Å²) in [6.07, 6.45) is 3.17. The van der Waals surface area contributed by atoms with Crippen LogP contribution in [0.25, 0.3) is 0 Å². The molecule has 1 aromatic heterocycles. The molecule has 1 aromatic rings. The predicted octanol–water partition coefficient (Wildman–Crippen LogP) is 2.67. The van der Waals surface area contributed by atoms with E-state index in [-0.39, 0.29) is 11.1 Å². The van der Waals surface area contributed by atoms with Crippen LogP contribution in [0.2, 0.25) is 0 Å². The largest absolute Gasteiger partial charge is 0.477 e. The van der Waals surface area contributed by atoms with Crippen LogP contribution >= 0.6 is 0 Å². The van der Waals surface area contributed by atoms with Crippen LogP contribution in [0.1, 0.15) is 43.4 Å². The van der Waals surface area contributed by atoms with E-state index in [0.717, 1.165) is 19.5 Å². The van der Waals surface area contributed by atoms with Gasteiger partial charge >= 0.3 is 5.97 Å².